The monoisotopic (exact) mass is 214 g/mol. The number of fused-ring (bicyclic) bond motifs is 1. The molecule has 0 aliphatic rings. The van der Waals surface area contributed by atoms with E-state index in [4.69, 9.17) is 0 Å². The van der Waals surface area contributed by atoms with Crippen LogP contribution < -0.4 is 0 Å². The fourth-order valence-corrected chi connectivity index (χ4v) is 2.14. The molecule has 16 heavy (non-hydrogen) atoms. The third-order valence-corrected chi connectivity index (χ3v) is 3.05. The van der Waals surface area contributed by atoms with E-state index in [0.717, 1.165) is 18.4 Å². The first-order valence-electron chi connectivity index (χ1n) is 6.02. The molecule has 84 valence electrons. The number of rotatable bonds is 4. The van der Waals surface area contributed by atoms with Crippen molar-refractivity contribution in [2.75, 3.05) is 0 Å². The molecule has 0 bridgehead atoms. The molecule has 0 saturated carbocycles. The molecule has 0 saturated heterocycles. The summed E-state index contributed by atoms with van der Waals surface area (Å²) in [4.78, 5) is 0. The summed E-state index contributed by atoms with van der Waals surface area (Å²) in [6, 6.07) is 12.0. The first-order chi connectivity index (χ1) is 7.83. The summed E-state index contributed by atoms with van der Waals surface area (Å²) in [7, 11) is 0. The summed E-state index contributed by atoms with van der Waals surface area (Å²) in [5.41, 5.74) is 1.10. The molecule has 0 aromatic heterocycles. The topological polar surface area (TPSA) is 20.2 Å². The zero-order valence-electron chi connectivity index (χ0n) is 9.74. The Morgan fingerprint density at radius 1 is 1.00 bits per heavy atom. The van der Waals surface area contributed by atoms with Crippen molar-refractivity contribution in [3.63, 3.8) is 0 Å². The number of phenols is 1. The molecule has 2 aromatic carbocycles. The summed E-state index contributed by atoms with van der Waals surface area (Å²) in [5, 5.41) is 12.3. The van der Waals surface area contributed by atoms with Gasteiger partial charge in [0.25, 0.3) is 0 Å². The van der Waals surface area contributed by atoms with Gasteiger partial charge in [-0.25, -0.2) is 0 Å². The average Bonchev–Trinajstić information content (AvgIpc) is 2.32. The molecule has 0 heterocycles. The summed E-state index contributed by atoms with van der Waals surface area (Å²) < 4.78 is 0. The van der Waals surface area contributed by atoms with Gasteiger partial charge in [0.2, 0.25) is 0 Å². The number of aryl methyl sites for hydroxylation is 1. The molecule has 2 aromatic rings. The van der Waals surface area contributed by atoms with Crippen LogP contribution in [0.4, 0.5) is 0 Å². The number of phenolic OH excluding ortho intramolecular Hbond substituents is 1. The maximum atomic E-state index is 9.91. The highest BCUT2D eigenvalue weighted by atomic mass is 16.3. The molecule has 0 atom stereocenters. The quantitative estimate of drug-likeness (QED) is 0.753. The second kappa shape index (κ2) is 5.02. The van der Waals surface area contributed by atoms with Crippen molar-refractivity contribution in [2.24, 2.45) is 0 Å². The molecule has 2 rings (SSSR count). The predicted octanol–water partition coefficient (Wildman–Crippen LogP) is 4.28. The second-order valence-electron chi connectivity index (χ2n) is 4.24. The highest BCUT2D eigenvalue weighted by Crippen LogP contribution is 2.28. The zero-order chi connectivity index (χ0) is 11.4. The fourth-order valence-electron chi connectivity index (χ4n) is 2.14. The van der Waals surface area contributed by atoms with Crippen LogP contribution in [0.2, 0.25) is 0 Å². The van der Waals surface area contributed by atoms with E-state index in [-0.39, 0.29) is 0 Å². The first kappa shape index (κ1) is 11.0. The van der Waals surface area contributed by atoms with Gasteiger partial charge in [-0.3, -0.25) is 0 Å². The Bertz CT molecular complexity index is 474. The van der Waals surface area contributed by atoms with Gasteiger partial charge in [-0.05, 0) is 29.7 Å². The van der Waals surface area contributed by atoms with Gasteiger partial charge in [0.1, 0.15) is 5.75 Å². The van der Waals surface area contributed by atoms with Crippen molar-refractivity contribution in [3.05, 3.63) is 42.0 Å². The number of hydrogen-bond acceptors (Lipinski definition) is 1. The summed E-state index contributed by atoms with van der Waals surface area (Å²) in [5.74, 6) is 0.440. The van der Waals surface area contributed by atoms with E-state index < -0.39 is 0 Å². The summed E-state index contributed by atoms with van der Waals surface area (Å²) >= 11 is 0. The Labute approximate surface area is 96.7 Å². The van der Waals surface area contributed by atoms with Gasteiger partial charge in [0.15, 0.2) is 0 Å². The van der Waals surface area contributed by atoms with Crippen molar-refractivity contribution >= 4 is 10.8 Å². The number of unbranched alkanes of at least 4 members (excludes halogenated alkanes) is 2. The van der Waals surface area contributed by atoms with Crippen molar-refractivity contribution in [1.29, 1.82) is 0 Å². The average molecular weight is 214 g/mol. The van der Waals surface area contributed by atoms with Crippen LogP contribution >= 0.6 is 0 Å². The van der Waals surface area contributed by atoms with Crippen LogP contribution in [0.5, 0.6) is 5.75 Å². The van der Waals surface area contributed by atoms with E-state index in [9.17, 15) is 5.11 Å². The largest absolute Gasteiger partial charge is 0.508 e. The maximum Gasteiger partial charge on any atom is 0.119 e. The number of aromatic hydroxyl groups is 1. The highest BCUT2D eigenvalue weighted by molar-refractivity contribution is 5.87. The van der Waals surface area contributed by atoms with Gasteiger partial charge in [0.05, 0.1) is 0 Å². The molecule has 1 heteroatoms. The van der Waals surface area contributed by atoms with E-state index in [1.807, 2.05) is 24.3 Å². The lowest BCUT2D eigenvalue weighted by atomic mass is 9.99. The maximum absolute atomic E-state index is 9.91. The SMILES string of the molecule is CCCCCc1c(O)ccc2ccccc12. The van der Waals surface area contributed by atoms with Gasteiger partial charge in [-0.15, -0.1) is 0 Å². The van der Waals surface area contributed by atoms with Crippen LogP contribution in [0.3, 0.4) is 0 Å². The van der Waals surface area contributed by atoms with Crippen molar-refractivity contribution < 1.29 is 5.11 Å². The van der Waals surface area contributed by atoms with Crippen LogP contribution in [0.25, 0.3) is 10.8 Å². The highest BCUT2D eigenvalue weighted by Gasteiger charge is 2.05. The Morgan fingerprint density at radius 2 is 1.81 bits per heavy atom. The minimum absolute atomic E-state index is 0.440. The van der Waals surface area contributed by atoms with Gasteiger partial charge < -0.3 is 5.11 Å². The van der Waals surface area contributed by atoms with Crippen LogP contribution in [0.1, 0.15) is 31.7 Å². The van der Waals surface area contributed by atoms with Crippen LogP contribution in [0.15, 0.2) is 36.4 Å². The molecule has 0 aliphatic heterocycles. The molecule has 1 N–H and O–H groups in total. The molecule has 0 radical (unpaired) electrons. The molecule has 0 spiro atoms. The van der Waals surface area contributed by atoms with Gasteiger partial charge >= 0.3 is 0 Å². The first-order valence-corrected chi connectivity index (χ1v) is 6.02. The molecular formula is C15H18O. The van der Waals surface area contributed by atoms with Crippen LogP contribution in [-0.4, -0.2) is 5.11 Å². The molecule has 0 amide bonds. The van der Waals surface area contributed by atoms with Crippen molar-refractivity contribution in [2.45, 2.75) is 32.6 Å². The lowest BCUT2D eigenvalue weighted by Gasteiger charge is -2.08. The molecule has 1 nitrogen and oxygen atoms in total. The van der Waals surface area contributed by atoms with E-state index in [0.29, 0.717) is 5.75 Å². The van der Waals surface area contributed by atoms with E-state index >= 15 is 0 Å². The van der Waals surface area contributed by atoms with Crippen LogP contribution in [-0.2, 0) is 6.42 Å². The Balaban J connectivity index is 2.37. The lowest BCUT2D eigenvalue weighted by molar-refractivity contribution is 0.468. The minimum Gasteiger partial charge on any atom is -0.508 e. The fraction of sp³-hybridized carbons (Fsp3) is 0.333. The molecule has 0 fully saturated rings. The van der Waals surface area contributed by atoms with Gasteiger partial charge in [0, 0.05) is 5.56 Å². The van der Waals surface area contributed by atoms with Gasteiger partial charge in [-0.2, -0.15) is 0 Å². The third-order valence-electron chi connectivity index (χ3n) is 3.05. The smallest absolute Gasteiger partial charge is 0.119 e. The predicted molar refractivity (Wildman–Crippen MR) is 68.8 cm³/mol. The second-order valence-corrected chi connectivity index (χ2v) is 4.24. The van der Waals surface area contributed by atoms with E-state index in [2.05, 4.69) is 19.1 Å². The van der Waals surface area contributed by atoms with Crippen molar-refractivity contribution in [3.8, 4) is 5.75 Å². The Morgan fingerprint density at radius 3 is 2.62 bits per heavy atom. The number of benzene rings is 2. The molecule has 0 unspecified atom stereocenters. The lowest BCUT2D eigenvalue weighted by Crippen LogP contribution is -1.89. The Hall–Kier alpha value is -1.50. The molecular weight excluding hydrogens is 196 g/mol. The van der Waals surface area contributed by atoms with E-state index in [1.54, 1.807) is 0 Å². The van der Waals surface area contributed by atoms with Gasteiger partial charge in [-0.1, -0.05) is 50.1 Å². The summed E-state index contributed by atoms with van der Waals surface area (Å²) in [6.07, 6.45) is 4.56. The number of hydrogen-bond donors (Lipinski definition) is 1. The summed E-state index contributed by atoms with van der Waals surface area (Å²) in [6.45, 7) is 2.20. The standard InChI is InChI=1S/C15H18O/c1-2-3-4-9-14-13-8-6-5-7-12(13)10-11-15(14)16/h5-8,10-11,16H,2-4,9H2,1H3. The third kappa shape index (κ3) is 2.19. The minimum atomic E-state index is 0.440. The van der Waals surface area contributed by atoms with Crippen molar-refractivity contribution in [1.82, 2.24) is 0 Å². The Kier molecular flexibility index (Phi) is 3.45. The normalized spacial score (nSPS) is 10.8. The van der Waals surface area contributed by atoms with E-state index in [1.165, 1.54) is 23.6 Å². The zero-order valence-corrected chi connectivity index (χ0v) is 9.74. The molecule has 0 aliphatic carbocycles. The van der Waals surface area contributed by atoms with Crippen LogP contribution in [0, 0.1) is 0 Å².